The number of Topliss-reactive ketones (excluding diaryl/α,β-unsaturated/α-hetero) is 1. The van der Waals surface area contributed by atoms with Gasteiger partial charge < -0.3 is 0 Å². The topological polar surface area (TPSA) is 17.1 Å². The molecule has 0 fully saturated rings. The molecule has 1 nitrogen and oxygen atoms in total. The molecule has 0 bridgehead atoms. The molecule has 0 radical (unpaired) electrons. The third kappa shape index (κ3) is 4.78. The fraction of sp³-hybridized carbons (Fsp3) is 0.269. The average molecular weight is 389 g/mol. The summed E-state index contributed by atoms with van der Waals surface area (Å²) in [6, 6.07) is 32.0. The lowest BCUT2D eigenvalue weighted by Crippen LogP contribution is -2.35. The SMILES string of the molecule is CCCCCCC(=O)C[P+](c1ccccc1)(c1ccccc1)c1ccccc1. The molecule has 144 valence electrons. The van der Waals surface area contributed by atoms with Crippen LogP contribution in [0.15, 0.2) is 91.0 Å². The molecule has 0 aromatic heterocycles. The molecule has 0 heterocycles. The predicted molar refractivity (Wildman–Crippen MR) is 124 cm³/mol. The van der Waals surface area contributed by atoms with Crippen molar-refractivity contribution < 1.29 is 4.79 Å². The molecule has 0 aliphatic heterocycles. The van der Waals surface area contributed by atoms with E-state index in [9.17, 15) is 4.79 Å². The Hall–Kier alpha value is -2.24. The van der Waals surface area contributed by atoms with Gasteiger partial charge in [-0.25, -0.2) is 0 Å². The molecule has 0 aliphatic rings. The third-order valence-electron chi connectivity index (χ3n) is 5.31. The van der Waals surface area contributed by atoms with Crippen molar-refractivity contribution in [2.45, 2.75) is 39.0 Å². The third-order valence-corrected chi connectivity index (χ3v) is 9.68. The first kappa shape index (κ1) is 20.5. The second-order valence-corrected chi connectivity index (χ2v) is 10.8. The Kier molecular flexibility index (Phi) is 7.57. The Morgan fingerprint density at radius 2 is 1.07 bits per heavy atom. The van der Waals surface area contributed by atoms with Crippen LogP contribution >= 0.6 is 7.26 Å². The molecular formula is C26H30OP+. The Morgan fingerprint density at radius 3 is 1.46 bits per heavy atom. The van der Waals surface area contributed by atoms with Crippen LogP contribution in [0.1, 0.15) is 39.0 Å². The zero-order chi connectivity index (χ0) is 19.7. The Balaban J connectivity index is 2.05. The van der Waals surface area contributed by atoms with E-state index >= 15 is 0 Å². The normalized spacial score (nSPS) is 11.3. The smallest absolute Gasteiger partial charge is 0.171 e. The molecule has 3 aromatic rings. The maximum absolute atomic E-state index is 13.2. The van der Waals surface area contributed by atoms with Gasteiger partial charge in [0, 0.05) is 6.42 Å². The minimum atomic E-state index is -2.01. The molecule has 0 saturated carbocycles. The first-order chi connectivity index (χ1) is 13.8. The lowest BCUT2D eigenvalue weighted by atomic mass is 10.1. The second kappa shape index (κ2) is 10.3. The second-order valence-electron chi connectivity index (χ2n) is 7.32. The Morgan fingerprint density at radius 1 is 0.643 bits per heavy atom. The maximum atomic E-state index is 13.2. The van der Waals surface area contributed by atoms with Crippen LogP contribution in [0.25, 0.3) is 0 Å². The number of benzene rings is 3. The minimum Gasteiger partial charge on any atom is -0.296 e. The number of rotatable bonds is 10. The summed E-state index contributed by atoms with van der Waals surface area (Å²) < 4.78 is 0. The van der Waals surface area contributed by atoms with E-state index in [-0.39, 0.29) is 0 Å². The first-order valence-electron chi connectivity index (χ1n) is 10.3. The monoisotopic (exact) mass is 389 g/mol. The van der Waals surface area contributed by atoms with E-state index in [0.717, 1.165) is 12.8 Å². The fourth-order valence-electron chi connectivity index (χ4n) is 3.86. The number of carbonyl (C=O) groups excluding carboxylic acids is 1. The lowest BCUT2D eigenvalue weighted by Gasteiger charge is -2.27. The van der Waals surface area contributed by atoms with Crippen LogP contribution in [0.3, 0.4) is 0 Å². The average Bonchev–Trinajstić information content (AvgIpc) is 2.77. The van der Waals surface area contributed by atoms with Gasteiger partial charge >= 0.3 is 0 Å². The molecule has 2 heteroatoms. The van der Waals surface area contributed by atoms with Crippen LogP contribution < -0.4 is 15.9 Å². The van der Waals surface area contributed by atoms with Gasteiger partial charge in [0.2, 0.25) is 0 Å². The van der Waals surface area contributed by atoms with Crippen LogP contribution in [0.5, 0.6) is 0 Å². The fourth-order valence-corrected chi connectivity index (χ4v) is 8.03. The number of unbranched alkanes of at least 4 members (excludes halogenated alkanes) is 3. The Labute approximate surface area is 170 Å². The molecule has 28 heavy (non-hydrogen) atoms. The van der Waals surface area contributed by atoms with Crippen LogP contribution in [0, 0.1) is 0 Å². The summed E-state index contributed by atoms with van der Waals surface area (Å²) in [4.78, 5) is 13.2. The molecule has 0 atom stereocenters. The van der Waals surface area contributed by atoms with Crippen molar-refractivity contribution in [3.63, 3.8) is 0 Å². The van der Waals surface area contributed by atoms with Crippen molar-refractivity contribution >= 4 is 29.0 Å². The minimum absolute atomic E-state index is 0.390. The summed E-state index contributed by atoms with van der Waals surface area (Å²) >= 11 is 0. The van der Waals surface area contributed by atoms with Gasteiger partial charge in [-0.3, -0.25) is 4.79 Å². The van der Waals surface area contributed by atoms with E-state index in [1.54, 1.807) is 0 Å². The van der Waals surface area contributed by atoms with Crippen molar-refractivity contribution in [1.29, 1.82) is 0 Å². The van der Waals surface area contributed by atoms with Gasteiger partial charge in [-0.2, -0.15) is 0 Å². The molecular weight excluding hydrogens is 359 g/mol. The van der Waals surface area contributed by atoms with Gasteiger partial charge in [0.15, 0.2) is 5.78 Å². The van der Waals surface area contributed by atoms with Crippen LogP contribution in [0.4, 0.5) is 0 Å². The van der Waals surface area contributed by atoms with Crippen molar-refractivity contribution in [3.05, 3.63) is 91.0 Å². The van der Waals surface area contributed by atoms with Crippen LogP contribution in [0.2, 0.25) is 0 Å². The van der Waals surface area contributed by atoms with Gasteiger partial charge in [-0.05, 0) is 42.8 Å². The molecule has 0 N–H and O–H groups in total. The van der Waals surface area contributed by atoms with Gasteiger partial charge in [0.1, 0.15) is 29.3 Å². The highest BCUT2D eigenvalue weighted by molar-refractivity contribution is 7.96. The summed E-state index contributed by atoms with van der Waals surface area (Å²) in [5.74, 6) is 0.390. The maximum Gasteiger partial charge on any atom is 0.171 e. The highest BCUT2D eigenvalue weighted by atomic mass is 31.2. The molecule has 0 saturated heterocycles. The van der Waals surface area contributed by atoms with Crippen molar-refractivity contribution in [3.8, 4) is 0 Å². The highest BCUT2D eigenvalue weighted by Gasteiger charge is 2.46. The van der Waals surface area contributed by atoms with Crippen molar-refractivity contribution in [2.24, 2.45) is 0 Å². The summed E-state index contributed by atoms with van der Waals surface area (Å²) in [7, 11) is -2.01. The molecule has 3 rings (SSSR count). The summed E-state index contributed by atoms with van der Waals surface area (Å²) in [6.45, 7) is 2.21. The van der Waals surface area contributed by atoms with Crippen LogP contribution in [-0.4, -0.2) is 11.9 Å². The van der Waals surface area contributed by atoms with E-state index in [0.29, 0.717) is 18.4 Å². The highest BCUT2D eigenvalue weighted by Crippen LogP contribution is 2.55. The van der Waals surface area contributed by atoms with Gasteiger partial charge in [-0.1, -0.05) is 80.8 Å². The predicted octanol–water partition coefficient (Wildman–Crippen LogP) is 5.52. The number of hydrogen-bond donors (Lipinski definition) is 0. The zero-order valence-electron chi connectivity index (χ0n) is 16.8. The van der Waals surface area contributed by atoms with E-state index < -0.39 is 7.26 Å². The number of ketones is 1. The lowest BCUT2D eigenvalue weighted by molar-refractivity contribution is -0.116. The molecule has 3 aromatic carbocycles. The molecule has 0 aliphatic carbocycles. The Bertz CT molecular complexity index is 747. The number of carbonyl (C=O) groups is 1. The van der Waals surface area contributed by atoms with Gasteiger partial charge in [-0.15, -0.1) is 0 Å². The van der Waals surface area contributed by atoms with E-state index in [1.807, 2.05) is 0 Å². The quantitative estimate of drug-likeness (QED) is 0.330. The van der Waals surface area contributed by atoms with E-state index in [2.05, 4.69) is 97.9 Å². The standard InChI is InChI=1S/C26H30OP/c1-2-3-4-8-15-23(27)22-28(24-16-9-5-10-17-24,25-18-11-6-12-19-25)26-20-13-7-14-21-26/h5-7,9-14,16-21H,2-4,8,15,22H2,1H3/q+1. The molecule has 0 amide bonds. The van der Waals surface area contributed by atoms with Crippen LogP contribution in [-0.2, 0) is 4.79 Å². The van der Waals surface area contributed by atoms with E-state index in [1.165, 1.54) is 28.8 Å². The molecule has 0 unspecified atom stereocenters. The van der Waals surface area contributed by atoms with Gasteiger partial charge in [0.05, 0.1) is 0 Å². The largest absolute Gasteiger partial charge is 0.296 e. The summed E-state index contributed by atoms with van der Waals surface area (Å²) in [5, 5.41) is 3.86. The first-order valence-corrected chi connectivity index (χ1v) is 12.3. The number of hydrogen-bond acceptors (Lipinski definition) is 1. The summed E-state index contributed by atoms with van der Waals surface area (Å²) in [5.41, 5.74) is 0. The summed E-state index contributed by atoms with van der Waals surface area (Å²) in [6.07, 6.45) is 5.86. The van der Waals surface area contributed by atoms with Crippen molar-refractivity contribution in [2.75, 3.05) is 6.16 Å². The van der Waals surface area contributed by atoms with Crippen molar-refractivity contribution in [1.82, 2.24) is 0 Å². The van der Waals surface area contributed by atoms with Gasteiger partial charge in [0.25, 0.3) is 0 Å². The van der Waals surface area contributed by atoms with E-state index in [4.69, 9.17) is 0 Å². The zero-order valence-corrected chi connectivity index (χ0v) is 17.7. The molecule has 0 spiro atoms.